The minimum atomic E-state index is -0.478. The highest BCUT2D eigenvalue weighted by atomic mass is 16.5. The third-order valence-corrected chi connectivity index (χ3v) is 8.08. The third-order valence-electron chi connectivity index (χ3n) is 8.08. The van der Waals surface area contributed by atoms with Crippen LogP contribution in [-0.2, 0) is 28.7 Å². The first-order valence-electron chi connectivity index (χ1n) is 11.0. The molecule has 31 heavy (non-hydrogen) atoms. The molecule has 0 saturated heterocycles. The zero-order valence-electron chi connectivity index (χ0n) is 18.6. The van der Waals surface area contributed by atoms with E-state index in [1.807, 2.05) is 12.2 Å². The molecule has 4 unspecified atom stereocenters. The molecule has 0 heterocycles. The van der Waals surface area contributed by atoms with Gasteiger partial charge in [0.25, 0.3) is 0 Å². The fourth-order valence-electron chi connectivity index (χ4n) is 6.86. The number of rotatable bonds is 4. The minimum absolute atomic E-state index is 0.0106. The maximum atomic E-state index is 12.9. The van der Waals surface area contributed by atoms with Gasteiger partial charge in [0.05, 0.1) is 0 Å². The molecule has 0 spiro atoms. The van der Waals surface area contributed by atoms with Crippen molar-refractivity contribution in [3.63, 3.8) is 0 Å². The van der Waals surface area contributed by atoms with Crippen molar-refractivity contribution in [3.8, 4) is 0 Å². The zero-order valence-corrected chi connectivity index (χ0v) is 18.6. The maximum Gasteiger partial charge on any atom is 0.303 e. The van der Waals surface area contributed by atoms with Crippen LogP contribution in [0.1, 0.15) is 53.4 Å². The molecule has 166 valence electrons. The Morgan fingerprint density at radius 1 is 1.16 bits per heavy atom. The molecule has 2 saturated carbocycles. The molecule has 0 radical (unpaired) electrons. The van der Waals surface area contributed by atoms with Crippen LogP contribution in [-0.4, -0.2) is 36.2 Å². The summed E-state index contributed by atoms with van der Waals surface area (Å²) in [7, 11) is 0. The van der Waals surface area contributed by atoms with Crippen molar-refractivity contribution >= 4 is 23.5 Å². The average molecular weight is 427 g/mol. The number of hydrogen-bond acceptors (Lipinski definition) is 6. The highest BCUT2D eigenvalue weighted by molar-refractivity contribution is 6.01. The highest BCUT2D eigenvalue weighted by Gasteiger charge is 2.61. The molecule has 0 aliphatic heterocycles. The average Bonchev–Trinajstić information content (AvgIpc) is 3.02. The van der Waals surface area contributed by atoms with Crippen LogP contribution in [0.5, 0.6) is 0 Å². The summed E-state index contributed by atoms with van der Waals surface area (Å²) in [6, 6.07) is 0. The first kappa shape index (κ1) is 21.7. The van der Waals surface area contributed by atoms with Crippen LogP contribution in [0.25, 0.3) is 0 Å². The van der Waals surface area contributed by atoms with Crippen LogP contribution in [0.3, 0.4) is 0 Å². The quantitative estimate of drug-likeness (QED) is 0.640. The zero-order chi connectivity index (χ0) is 22.6. The summed E-state index contributed by atoms with van der Waals surface area (Å²) >= 11 is 0. The molecule has 0 bridgehead atoms. The Bertz CT molecular complexity index is 940. The molecule has 0 aromatic heterocycles. The molecular weight excluding hydrogens is 396 g/mol. The van der Waals surface area contributed by atoms with Crippen LogP contribution < -0.4 is 0 Å². The van der Waals surface area contributed by atoms with E-state index in [-0.39, 0.29) is 53.4 Å². The van der Waals surface area contributed by atoms with Gasteiger partial charge in [0.1, 0.15) is 6.10 Å². The van der Waals surface area contributed by atoms with Gasteiger partial charge in [-0.25, -0.2) is 0 Å². The molecule has 4 aliphatic carbocycles. The topological polar surface area (TPSA) is 86.7 Å². The first-order valence-corrected chi connectivity index (χ1v) is 11.0. The SMILES string of the molecule is CC(=O)OCC(=O)C1=CCC2C3CCC4=CC(=O)C=C[C@]4(C)C3C(OC(C)=O)C[C@]12C. The first-order chi connectivity index (χ1) is 14.6. The Hall–Kier alpha value is -2.50. The summed E-state index contributed by atoms with van der Waals surface area (Å²) in [5.74, 6) is -0.439. The standard InChI is InChI=1S/C25H30O6/c1-14(26)30-13-21(29)20-8-7-19-18-6-5-16-11-17(28)9-10-24(16,3)23(18)22(31-15(2)27)12-25(19,20)4/h8-11,18-19,22-23H,5-7,12-13H2,1-4H3/t18?,19?,22?,23?,24-,25-/m0/s1. The lowest BCUT2D eigenvalue weighted by atomic mass is 9.46. The van der Waals surface area contributed by atoms with Crippen molar-refractivity contribution in [1.82, 2.24) is 0 Å². The third kappa shape index (κ3) is 3.50. The largest absolute Gasteiger partial charge is 0.462 e. The number of allylic oxidation sites excluding steroid dienone is 5. The van der Waals surface area contributed by atoms with E-state index < -0.39 is 11.4 Å². The van der Waals surface area contributed by atoms with Crippen LogP contribution >= 0.6 is 0 Å². The number of fused-ring (bicyclic) bond motifs is 5. The molecular formula is C25H30O6. The van der Waals surface area contributed by atoms with E-state index in [0.717, 1.165) is 24.8 Å². The van der Waals surface area contributed by atoms with Gasteiger partial charge in [-0.1, -0.05) is 31.6 Å². The minimum Gasteiger partial charge on any atom is -0.462 e. The van der Waals surface area contributed by atoms with E-state index >= 15 is 0 Å². The number of Topliss-reactive ketones (excluding diaryl/α,β-unsaturated/α-hetero) is 1. The summed E-state index contributed by atoms with van der Waals surface area (Å²) in [5.41, 5.74) is 1.02. The Kier molecular flexibility index (Phi) is 5.31. The number of carbonyl (C=O) groups excluding carboxylic acids is 4. The van der Waals surface area contributed by atoms with Crippen LogP contribution in [0.2, 0.25) is 0 Å². The molecule has 4 aliphatic rings. The number of carbonyl (C=O) groups is 4. The second-order valence-corrected chi connectivity index (χ2v) is 9.85. The molecule has 0 N–H and O–H groups in total. The van der Waals surface area contributed by atoms with Crippen molar-refractivity contribution < 1.29 is 28.7 Å². The van der Waals surface area contributed by atoms with E-state index in [2.05, 4.69) is 13.8 Å². The maximum absolute atomic E-state index is 12.9. The van der Waals surface area contributed by atoms with E-state index in [4.69, 9.17) is 9.47 Å². The highest BCUT2D eigenvalue weighted by Crippen LogP contribution is 2.65. The molecule has 0 amide bonds. The van der Waals surface area contributed by atoms with Gasteiger partial charge in [-0.3, -0.25) is 19.2 Å². The number of esters is 2. The Morgan fingerprint density at radius 3 is 2.58 bits per heavy atom. The lowest BCUT2D eigenvalue weighted by molar-refractivity contribution is -0.167. The molecule has 6 nitrogen and oxygen atoms in total. The van der Waals surface area contributed by atoms with Crippen molar-refractivity contribution in [2.45, 2.75) is 59.5 Å². The van der Waals surface area contributed by atoms with Gasteiger partial charge >= 0.3 is 11.9 Å². The Morgan fingerprint density at radius 2 is 1.90 bits per heavy atom. The normalized spacial score (nSPS) is 38.3. The van der Waals surface area contributed by atoms with Crippen molar-refractivity contribution in [3.05, 3.63) is 35.5 Å². The molecule has 6 heteroatoms. The van der Waals surface area contributed by atoms with Crippen molar-refractivity contribution in [2.75, 3.05) is 6.61 Å². The van der Waals surface area contributed by atoms with Crippen LogP contribution in [0, 0.1) is 28.6 Å². The molecule has 4 rings (SSSR count). The van der Waals surface area contributed by atoms with Gasteiger partial charge in [0.2, 0.25) is 0 Å². The second-order valence-electron chi connectivity index (χ2n) is 9.85. The van der Waals surface area contributed by atoms with Gasteiger partial charge in [0, 0.05) is 36.2 Å². The Balaban J connectivity index is 1.70. The van der Waals surface area contributed by atoms with Gasteiger partial charge in [-0.15, -0.1) is 0 Å². The van der Waals surface area contributed by atoms with E-state index in [1.54, 1.807) is 12.2 Å². The summed E-state index contributed by atoms with van der Waals surface area (Å²) in [5, 5.41) is 0. The van der Waals surface area contributed by atoms with Gasteiger partial charge in [-0.2, -0.15) is 0 Å². The lowest BCUT2D eigenvalue weighted by Crippen LogP contribution is -2.56. The predicted octanol–water partition coefficient (Wildman–Crippen LogP) is 3.50. The van der Waals surface area contributed by atoms with E-state index in [9.17, 15) is 19.2 Å². The van der Waals surface area contributed by atoms with Crippen LogP contribution in [0.15, 0.2) is 35.5 Å². The van der Waals surface area contributed by atoms with Gasteiger partial charge < -0.3 is 9.47 Å². The second kappa shape index (κ2) is 7.57. The summed E-state index contributed by atoms with van der Waals surface area (Å²) in [6.45, 7) is 6.68. The number of ketones is 2. The molecule has 0 aromatic carbocycles. The lowest BCUT2D eigenvalue weighted by Gasteiger charge is -2.58. The van der Waals surface area contributed by atoms with Gasteiger partial charge in [-0.05, 0) is 49.7 Å². The van der Waals surface area contributed by atoms with Crippen LogP contribution in [0.4, 0.5) is 0 Å². The molecule has 2 fully saturated rings. The van der Waals surface area contributed by atoms with E-state index in [1.165, 1.54) is 13.8 Å². The fourth-order valence-corrected chi connectivity index (χ4v) is 6.86. The molecule has 6 atom stereocenters. The Labute approximate surface area is 182 Å². The van der Waals surface area contributed by atoms with Crippen molar-refractivity contribution in [1.29, 1.82) is 0 Å². The fraction of sp³-hybridized carbons (Fsp3) is 0.600. The smallest absolute Gasteiger partial charge is 0.303 e. The number of hydrogen-bond donors (Lipinski definition) is 0. The van der Waals surface area contributed by atoms with E-state index in [0.29, 0.717) is 12.0 Å². The van der Waals surface area contributed by atoms with Crippen molar-refractivity contribution in [2.24, 2.45) is 28.6 Å². The summed E-state index contributed by atoms with van der Waals surface area (Å²) in [6.07, 6.45) is 10.0. The molecule has 0 aromatic rings. The monoisotopic (exact) mass is 426 g/mol. The van der Waals surface area contributed by atoms with Gasteiger partial charge in [0.15, 0.2) is 18.2 Å². The number of ether oxygens (including phenoxy) is 2. The predicted molar refractivity (Wildman–Crippen MR) is 113 cm³/mol. The summed E-state index contributed by atoms with van der Waals surface area (Å²) < 4.78 is 10.9. The summed E-state index contributed by atoms with van der Waals surface area (Å²) in [4.78, 5) is 48.2.